The quantitative estimate of drug-likeness (QED) is 0.842. The van der Waals surface area contributed by atoms with Gasteiger partial charge < -0.3 is 10.6 Å². The highest BCUT2D eigenvalue weighted by Crippen LogP contribution is 2.22. The van der Waals surface area contributed by atoms with E-state index in [9.17, 15) is 4.79 Å². The molecule has 0 bridgehead atoms. The van der Waals surface area contributed by atoms with Crippen LogP contribution in [0, 0.1) is 0 Å². The first-order valence-electron chi connectivity index (χ1n) is 5.72. The van der Waals surface area contributed by atoms with Crippen molar-refractivity contribution in [3.8, 4) is 0 Å². The zero-order valence-corrected chi connectivity index (χ0v) is 11.5. The lowest BCUT2D eigenvalue weighted by molar-refractivity contribution is 0.0644. The molecule has 0 aliphatic heterocycles. The fourth-order valence-corrected chi connectivity index (χ4v) is 2.11. The van der Waals surface area contributed by atoms with Crippen LogP contribution in [0.2, 0.25) is 5.02 Å². The van der Waals surface area contributed by atoms with Crippen LogP contribution >= 0.6 is 11.6 Å². The Labute approximate surface area is 108 Å². The van der Waals surface area contributed by atoms with Crippen LogP contribution in [0.25, 0.3) is 0 Å². The van der Waals surface area contributed by atoms with Gasteiger partial charge in [0, 0.05) is 17.8 Å². The molecule has 0 atom stereocenters. The second-order valence-electron chi connectivity index (χ2n) is 4.64. The van der Waals surface area contributed by atoms with E-state index in [0.717, 1.165) is 0 Å². The molecule has 1 amide bonds. The summed E-state index contributed by atoms with van der Waals surface area (Å²) in [5.74, 6) is -0.0766. The molecule has 0 unspecified atom stereocenters. The molecular weight excluding hydrogens is 236 g/mol. The van der Waals surface area contributed by atoms with E-state index in [1.54, 1.807) is 23.1 Å². The predicted molar refractivity (Wildman–Crippen MR) is 72.3 cm³/mol. The molecule has 1 aromatic carbocycles. The number of benzene rings is 1. The minimum absolute atomic E-state index is 0.0766. The fraction of sp³-hybridized carbons (Fsp3) is 0.462. The molecule has 2 N–H and O–H groups in total. The summed E-state index contributed by atoms with van der Waals surface area (Å²) in [5.41, 5.74) is 6.70. The number of amides is 1. The Balaban J connectivity index is 3.14. The minimum atomic E-state index is -0.0766. The average Bonchev–Trinajstić information content (AvgIpc) is 2.20. The Morgan fingerprint density at radius 3 is 2.24 bits per heavy atom. The molecule has 0 fully saturated rings. The highest BCUT2D eigenvalue weighted by molar-refractivity contribution is 6.34. The number of carbonyl (C=O) groups is 1. The van der Waals surface area contributed by atoms with Gasteiger partial charge in [0.05, 0.1) is 10.6 Å². The number of carbonyl (C=O) groups excluding carboxylic acids is 1. The van der Waals surface area contributed by atoms with Gasteiger partial charge >= 0.3 is 0 Å². The maximum absolute atomic E-state index is 12.4. The second kappa shape index (κ2) is 5.41. The molecule has 0 saturated carbocycles. The molecule has 0 aromatic heterocycles. The van der Waals surface area contributed by atoms with Gasteiger partial charge in [-0.05, 0) is 45.9 Å². The van der Waals surface area contributed by atoms with Gasteiger partial charge in [0.25, 0.3) is 5.91 Å². The zero-order chi connectivity index (χ0) is 13.2. The van der Waals surface area contributed by atoms with Gasteiger partial charge in [-0.2, -0.15) is 0 Å². The van der Waals surface area contributed by atoms with E-state index in [4.69, 9.17) is 17.3 Å². The van der Waals surface area contributed by atoms with Crippen molar-refractivity contribution in [2.75, 3.05) is 5.73 Å². The van der Waals surface area contributed by atoms with Gasteiger partial charge in [-0.1, -0.05) is 11.6 Å². The Morgan fingerprint density at radius 2 is 1.76 bits per heavy atom. The number of hydrogen-bond donors (Lipinski definition) is 1. The largest absolute Gasteiger partial charge is 0.399 e. The first kappa shape index (κ1) is 13.8. The Morgan fingerprint density at radius 1 is 1.24 bits per heavy atom. The molecule has 0 aliphatic carbocycles. The highest BCUT2D eigenvalue weighted by Gasteiger charge is 2.23. The molecule has 0 saturated heterocycles. The van der Waals surface area contributed by atoms with E-state index in [2.05, 4.69) is 0 Å². The van der Waals surface area contributed by atoms with Crippen molar-refractivity contribution in [1.29, 1.82) is 0 Å². The van der Waals surface area contributed by atoms with Crippen molar-refractivity contribution < 1.29 is 4.79 Å². The molecule has 1 rings (SSSR count). The summed E-state index contributed by atoms with van der Waals surface area (Å²) in [6.45, 7) is 7.94. The SMILES string of the molecule is CC(C)N(C(=O)c1cc(N)ccc1Cl)C(C)C. The van der Waals surface area contributed by atoms with Crippen molar-refractivity contribution in [3.05, 3.63) is 28.8 Å². The van der Waals surface area contributed by atoms with E-state index >= 15 is 0 Å². The van der Waals surface area contributed by atoms with Crippen LogP contribution in [0.4, 0.5) is 5.69 Å². The van der Waals surface area contributed by atoms with Crippen molar-refractivity contribution in [1.82, 2.24) is 4.90 Å². The third kappa shape index (κ3) is 3.13. The average molecular weight is 255 g/mol. The molecule has 94 valence electrons. The van der Waals surface area contributed by atoms with Gasteiger partial charge in [-0.3, -0.25) is 4.79 Å². The number of nitrogens with zero attached hydrogens (tertiary/aromatic N) is 1. The van der Waals surface area contributed by atoms with Crippen molar-refractivity contribution in [2.24, 2.45) is 0 Å². The summed E-state index contributed by atoms with van der Waals surface area (Å²) >= 11 is 6.04. The third-order valence-electron chi connectivity index (χ3n) is 2.57. The summed E-state index contributed by atoms with van der Waals surface area (Å²) in [7, 11) is 0. The Kier molecular flexibility index (Phi) is 4.40. The van der Waals surface area contributed by atoms with E-state index in [0.29, 0.717) is 16.3 Å². The van der Waals surface area contributed by atoms with Gasteiger partial charge in [-0.25, -0.2) is 0 Å². The second-order valence-corrected chi connectivity index (χ2v) is 5.05. The molecule has 0 aliphatic rings. The molecular formula is C13H19ClN2O. The van der Waals surface area contributed by atoms with E-state index in [-0.39, 0.29) is 18.0 Å². The van der Waals surface area contributed by atoms with Gasteiger partial charge in [0.15, 0.2) is 0 Å². The standard InChI is InChI=1S/C13H19ClN2O/c1-8(2)16(9(3)4)13(17)11-7-10(15)5-6-12(11)14/h5-9H,15H2,1-4H3. The van der Waals surface area contributed by atoms with Crippen LogP contribution in [-0.2, 0) is 0 Å². The summed E-state index contributed by atoms with van der Waals surface area (Å²) in [6.07, 6.45) is 0. The van der Waals surface area contributed by atoms with Crippen LogP contribution in [0.1, 0.15) is 38.1 Å². The van der Waals surface area contributed by atoms with Crippen LogP contribution < -0.4 is 5.73 Å². The van der Waals surface area contributed by atoms with Crippen LogP contribution in [0.15, 0.2) is 18.2 Å². The lowest BCUT2D eigenvalue weighted by Gasteiger charge is -2.31. The lowest BCUT2D eigenvalue weighted by Crippen LogP contribution is -2.42. The normalized spacial score (nSPS) is 11.0. The molecule has 0 spiro atoms. The Bertz CT molecular complexity index is 408. The number of halogens is 1. The fourth-order valence-electron chi connectivity index (χ4n) is 1.91. The summed E-state index contributed by atoms with van der Waals surface area (Å²) in [4.78, 5) is 14.2. The van der Waals surface area contributed by atoms with E-state index in [1.807, 2.05) is 27.7 Å². The molecule has 17 heavy (non-hydrogen) atoms. The van der Waals surface area contributed by atoms with Crippen molar-refractivity contribution >= 4 is 23.2 Å². The molecule has 0 radical (unpaired) electrons. The van der Waals surface area contributed by atoms with Crippen molar-refractivity contribution in [3.63, 3.8) is 0 Å². The van der Waals surface area contributed by atoms with Gasteiger partial charge in [0.1, 0.15) is 0 Å². The van der Waals surface area contributed by atoms with Crippen molar-refractivity contribution in [2.45, 2.75) is 39.8 Å². The van der Waals surface area contributed by atoms with Crippen LogP contribution in [0.3, 0.4) is 0 Å². The smallest absolute Gasteiger partial charge is 0.255 e. The highest BCUT2D eigenvalue weighted by atomic mass is 35.5. The number of rotatable bonds is 3. The number of hydrogen-bond acceptors (Lipinski definition) is 2. The maximum Gasteiger partial charge on any atom is 0.255 e. The molecule has 1 aromatic rings. The molecule has 0 heterocycles. The monoisotopic (exact) mass is 254 g/mol. The van der Waals surface area contributed by atoms with Gasteiger partial charge in [-0.15, -0.1) is 0 Å². The summed E-state index contributed by atoms with van der Waals surface area (Å²) < 4.78 is 0. The maximum atomic E-state index is 12.4. The van der Waals surface area contributed by atoms with E-state index < -0.39 is 0 Å². The third-order valence-corrected chi connectivity index (χ3v) is 2.90. The van der Waals surface area contributed by atoms with Gasteiger partial charge in [0.2, 0.25) is 0 Å². The Hall–Kier alpha value is -1.22. The topological polar surface area (TPSA) is 46.3 Å². The van der Waals surface area contributed by atoms with Crippen LogP contribution in [0.5, 0.6) is 0 Å². The summed E-state index contributed by atoms with van der Waals surface area (Å²) in [5, 5.41) is 0.440. The van der Waals surface area contributed by atoms with E-state index in [1.165, 1.54) is 0 Å². The number of nitrogens with two attached hydrogens (primary N) is 1. The number of nitrogen functional groups attached to an aromatic ring is 1. The first-order chi connectivity index (χ1) is 7.84. The lowest BCUT2D eigenvalue weighted by atomic mass is 10.1. The molecule has 4 heteroatoms. The predicted octanol–water partition coefficient (Wildman–Crippen LogP) is 3.18. The molecule has 3 nitrogen and oxygen atoms in total. The zero-order valence-electron chi connectivity index (χ0n) is 10.7. The summed E-state index contributed by atoms with van der Waals surface area (Å²) in [6, 6.07) is 5.22. The number of anilines is 1. The van der Waals surface area contributed by atoms with Crippen LogP contribution in [-0.4, -0.2) is 22.9 Å². The minimum Gasteiger partial charge on any atom is -0.399 e. The first-order valence-corrected chi connectivity index (χ1v) is 6.10.